The van der Waals surface area contributed by atoms with Crippen LogP contribution in [0.5, 0.6) is 11.5 Å². The van der Waals surface area contributed by atoms with Crippen molar-refractivity contribution in [2.75, 3.05) is 21.3 Å². The van der Waals surface area contributed by atoms with Crippen LogP contribution in [0.25, 0.3) is 0 Å². The van der Waals surface area contributed by atoms with Crippen molar-refractivity contribution in [2.45, 2.75) is 70.4 Å². The number of ether oxygens (including phenoxy) is 3. The van der Waals surface area contributed by atoms with E-state index in [9.17, 15) is 0 Å². The van der Waals surface area contributed by atoms with E-state index in [1.165, 1.54) is 12.8 Å². The molecule has 2 heterocycles. The topological polar surface area (TPSA) is 94.8 Å². The Morgan fingerprint density at radius 2 is 2.03 bits per heavy atom. The first-order chi connectivity index (χ1) is 15.7. The lowest BCUT2D eigenvalue weighted by Crippen LogP contribution is -2.46. The summed E-state index contributed by atoms with van der Waals surface area (Å²) in [5.74, 6) is 4.12. The molecule has 32 heavy (non-hydrogen) atoms. The largest absolute Gasteiger partial charge is 0.493 e. The molecule has 0 spiro atoms. The minimum atomic E-state index is 0.239. The Bertz CT molecular complexity index is 922. The Kier molecular flexibility index (Phi) is 7.47. The predicted octanol–water partition coefficient (Wildman–Crippen LogP) is 2.43. The van der Waals surface area contributed by atoms with Gasteiger partial charge in [0.25, 0.3) is 0 Å². The molecular weight excluding hydrogens is 408 g/mol. The number of aliphatic imine (C=N–C) groups is 1. The van der Waals surface area contributed by atoms with Crippen LogP contribution in [0.1, 0.15) is 49.3 Å². The molecule has 2 N–H and O–H groups in total. The Morgan fingerprint density at radius 3 is 2.78 bits per heavy atom. The monoisotopic (exact) mass is 442 g/mol. The zero-order valence-corrected chi connectivity index (χ0v) is 19.3. The van der Waals surface area contributed by atoms with Gasteiger partial charge in [0.05, 0.1) is 19.8 Å². The second-order valence-electron chi connectivity index (χ2n) is 8.37. The van der Waals surface area contributed by atoms with Crippen molar-refractivity contribution >= 4 is 5.96 Å². The first-order valence-electron chi connectivity index (χ1n) is 11.4. The summed E-state index contributed by atoms with van der Waals surface area (Å²) >= 11 is 0. The highest BCUT2D eigenvalue weighted by Crippen LogP contribution is 2.32. The number of benzene rings is 1. The lowest BCUT2D eigenvalue weighted by molar-refractivity contribution is 0.177. The van der Waals surface area contributed by atoms with Crippen molar-refractivity contribution in [1.29, 1.82) is 0 Å². The first kappa shape index (κ1) is 22.4. The Hall–Kier alpha value is -2.81. The Labute approximate surface area is 189 Å². The molecule has 1 saturated carbocycles. The van der Waals surface area contributed by atoms with Gasteiger partial charge in [0.2, 0.25) is 0 Å². The zero-order valence-electron chi connectivity index (χ0n) is 19.3. The van der Waals surface area contributed by atoms with Crippen LogP contribution in [0.2, 0.25) is 0 Å². The molecule has 0 saturated heterocycles. The van der Waals surface area contributed by atoms with Gasteiger partial charge in [-0.3, -0.25) is 4.99 Å². The summed E-state index contributed by atoms with van der Waals surface area (Å²) in [7, 11) is 5.13. The molecule has 1 aliphatic heterocycles. The molecule has 1 unspecified atom stereocenters. The van der Waals surface area contributed by atoms with Crippen LogP contribution in [-0.4, -0.2) is 54.1 Å². The lowest BCUT2D eigenvalue weighted by atomic mass is 10.1. The summed E-state index contributed by atoms with van der Waals surface area (Å²) in [6, 6.07) is 6.34. The first-order valence-corrected chi connectivity index (χ1v) is 11.4. The van der Waals surface area contributed by atoms with Gasteiger partial charge < -0.3 is 24.8 Å². The number of hydrogen-bond acceptors (Lipinski definition) is 6. The van der Waals surface area contributed by atoms with Crippen molar-refractivity contribution < 1.29 is 14.2 Å². The second kappa shape index (κ2) is 10.7. The molecule has 1 fully saturated rings. The molecule has 2 aromatic rings. The van der Waals surface area contributed by atoms with Crippen molar-refractivity contribution in [3.05, 3.63) is 35.4 Å². The van der Waals surface area contributed by atoms with E-state index < -0.39 is 0 Å². The average Bonchev–Trinajstić information content (AvgIpc) is 3.46. The van der Waals surface area contributed by atoms with Crippen LogP contribution in [0, 0.1) is 0 Å². The number of aryl methyl sites for hydroxylation is 1. The van der Waals surface area contributed by atoms with E-state index in [-0.39, 0.29) is 6.04 Å². The standard InChI is InChI=1S/C23H34N6O3/c1-24-23(26-17-9-11-22-27-21(15-30-2)28-29(22)14-17)25-13-16-8-10-19(31-3)20(12-16)32-18-6-4-5-7-18/h8,10,12,17-18H,4-7,9,11,13-15H2,1-3H3,(H2,24,25,26). The molecule has 174 valence electrons. The van der Waals surface area contributed by atoms with Gasteiger partial charge in [0.15, 0.2) is 23.3 Å². The maximum atomic E-state index is 6.22. The molecule has 4 rings (SSSR count). The fraction of sp³-hybridized carbons (Fsp3) is 0.609. The van der Waals surface area contributed by atoms with Gasteiger partial charge in [0.1, 0.15) is 12.4 Å². The van der Waals surface area contributed by atoms with Crippen LogP contribution in [0.15, 0.2) is 23.2 Å². The number of nitrogens with one attached hydrogen (secondary N) is 2. The number of nitrogens with zero attached hydrogens (tertiary/aromatic N) is 4. The van der Waals surface area contributed by atoms with Gasteiger partial charge in [-0.25, -0.2) is 9.67 Å². The summed E-state index contributed by atoms with van der Waals surface area (Å²) in [6.07, 6.45) is 6.86. The summed E-state index contributed by atoms with van der Waals surface area (Å²) in [5, 5.41) is 11.5. The van der Waals surface area contributed by atoms with Gasteiger partial charge in [-0.2, -0.15) is 5.10 Å². The molecule has 1 atom stereocenters. The summed E-state index contributed by atoms with van der Waals surface area (Å²) in [4.78, 5) is 8.94. The number of methoxy groups -OCH3 is 2. The number of rotatable bonds is 8. The van der Waals surface area contributed by atoms with Gasteiger partial charge in [-0.1, -0.05) is 6.07 Å². The predicted molar refractivity (Wildman–Crippen MR) is 122 cm³/mol. The molecule has 2 aliphatic rings. The lowest BCUT2D eigenvalue weighted by Gasteiger charge is -2.25. The van der Waals surface area contributed by atoms with Gasteiger partial charge in [-0.15, -0.1) is 0 Å². The molecule has 1 aromatic carbocycles. The van der Waals surface area contributed by atoms with E-state index in [1.807, 2.05) is 10.7 Å². The van der Waals surface area contributed by atoms with E-state index >= 15 is 0 Å². The Morgan fingerprint density at radius 1 is 1.19 bits per heavy atom. The maximum absolute atomic E-state index is 6.22. The highest BCUT2D eigenvalue weighted by atomic mass is 16.5. The van der Waals surface area contributed by atoms with Crippen molar-refractivity contribution in [3.63, 3.8) is 0 Å². The van der Waals surface area contributed by atoms with Gasteiger partial charge in [0, 0.05) is 33.2 Å². The van der Waals surface area contributed by atoms with Crippen LogP contribution >= 0.6 is 0 Å². The fourth-order valence-corrected chi connectivity index (χ4v) is 4.35. The van der Waals surface area contributed by atoms with E-state index in [4.69, 9.17) is 14.2 Å². The maximum Gasteiger partial charge on any atom is 0.191 e. The highest BCUT2D eigenvalue weighted by Gasteiger charge is 2.23. The summed E-state index contributed by atoms with van der Waals surface area (Å²) in [6.45, 7) is 1.84. The minimum absolute atomic E-state index is 0.239. The summed E-state index contributed by atoms with van der Waals surface area (Å²) in [5.41, 5.74) is 1.12. The normalized spacial score (nSPS) is 19.0. The fourth-order valence-electron chi connectivity index (χ4n) is 4.35. The number of hydrogen-bond donors (Lipinski definition) is 2. The molecule has 1 aromatic heterocycles. The van der Waals surface area contributed by atoms with Crippen LogP contribution < -0.4 is 20.1 Å². The molecule has 1 aliphatic carbocycles. The zero-order chi connectivity index (χ0) is 22.3. The highest BCUT2D eigenvalue weighted by molar-refractivity contribution is 5.80. The van der Waals surface area contributed by atoms with E-state index in [2.05, 4.69) is 37.8 Å². The van der Waals surface area contributed by atoms with Crippen molar-refractivity contribution in [3.8, 4) is 11.5 Å². The van der Waals surface area contributed by atoms with Crippen molar-refractivity contribution in [1.82, 2.24) is 25.4 Å². The molecule has 9 heteroatoms. The third kappa shape index (κ3) is 5.51. The number of aromatic nitrogens is 3. The number of fused-ring (bicyclic) bond motifs is 1. The minimum Gasteiger partial charge on any atom is -0.493 e. The molecule has 0 radical (unpaired) electrons. The third-order valence-corrected chi connectivity index (χ3v) is 6.02. The van der Waals surface area contributed by atoms with Gasteiger partial charge >= 0.3 is 0 Å². The van der Waals surface area contributed by atoms with E-state index in [0.29, 0.717) is 19.3 Å². The van der Waals surface area contributed by atoms with Crippen LogP contribution in [0.3, 0.4) is 0 Å². The van der Waals surface area contributed by atoms with E-state index in [0.717, 1.165) is 66.9 Å². The smallest absolute Gasteiger partial charge is 0.191 e. The SMILES string of the molecule is CN=C(NCc1ccc(OC)c(OC2CCCC2)c1)NC1CCc2nc(COC)nn2C1. The van der Waals surface area contributed by atoms with E-state index in [1.54, 1.807) is 21.3 Å². The van der Waals surface area contributed by atoms with Crippen LogP contribution in [-0.2, 0) is 30.9 Å². The summed E-state index contributed by atoms with van der Waals surface area (Å²) < 4.78 is 18.8. The van der Waals surface area contributed by atoms with Gasteiger partial charge in [-0.05, 0) is 49.8 Å². The second-order valence-corrected chi connectivity index (χ2v) is 8.37. The molecule has 0 bridgehead atoms. The Balaban J connectivity index is 1.33. The average molecular weight is 443 g/mol. The molecule has 0 amide bonds. The van der Waals surface area contributed by atoms with Crippen LogP contribution in [0.4, 0.5) is 0 Å². The number of guanidine groups is 1. The van der Waals surface area contributed by atoms with Crippen molar-refractivity contribution in [2.24, 2.45) is 4.99 Å². The quantitative estimate of drug-likeness (QED) is 0.479. The molecule has 9 nitrogen and oxygen atoms in total. The third-order valence-electron chi connectivity index (χ3n) is 6.02. The molecular formula is C23H34N6O3.